The van der Waals surface area contributed by atoms with Gasteiger partial charge in [-0.3, -0.25) is 4.90 Å². The summed E-state index contributed by atoms with van der Waals surface area (Å²) in [6.07, 6.45) is 2.10. The minimum Gasteiger partial charge on any atom is -0.372 e. The zero-order chi connectivity index (χ0) is 24.5. The predicted molar refractivity (Wildman–Crippen MR) is 101 cm³/mol. The molecule has 0 spiro atoms. The van der Waals surface area contributed by atoms with Crippen molar-refractivity contribution >= 4 is 20.2 Å². The fourth-order valence-corrected chi connectivity index (χ4v) is 4.30. The Bertz CT molecular complexity index is 956. The van der Waals surface area contributed by atoms with Gasteiger partial charge in [0, 0.05) is 6.04 Å². The third-order valence-corrected chi connectivity index (χ3v) is 6.61. The van der Waals surface area contributed by atoms with Gasteiger partial charge in [-0.15, -0.1) is 0 Å². The summed E-state index contributed by atoms with van der Waals surface area (Å²) < 4.78 is 130. The topological polar surface area (TPSA) is 90.0 Å². The van der Waals surface area contributed by atoms with E-state index in [4.69, 9.17) is 0 Å². The van der Waals surface area contributed by atoms with Crippen LogP contribution in [0.25, 0.3) is 0 Å². The van der Waals surface area contributed by atoms with Gasteiger partial charge >= 0.3 is 31.3 Å². The minimum atomic E-state index is -6.30. The fraction of sp³-hybridized carbons (Fsp3) is 0.647. The zero-order valence-electron chi connectivity index (χ0n) is 17.0. The third kappa shape index (κ3) is 5.78. The van der Waals surface area contributed by atoms with Gasteiger partial charge in [-0.1, -0.05) is 13.8 Å². The second-order valence-electron chi connectivity index (χ2n) is 7.13. The molecule has 15 heteroatoms. The van der Waals surface area contributed by atoms with Gasteiger partial charge in [-0.25, -0.2) is 0 Å². The number of nitrogens with zero attached hydrogens (tertiary/aromatic N) is 1. The standard InChI is InChI=1S/C17H21F6NO6S2/c1-3-5-24(6-4-2)13-7-11-9-14(29-31(25,26)16(18,19)20)15(10-12(11)8-13)30-32(27,28)17(21,22)23/h9-10,13H,3-8H2,1-2H3. The Hall–Kier alpha value is -1.74. The number of benzene rings is 1. The molecule has 0 N–H and O–H groups in total. The molecule has 0 saturated carbocycles. The van der Waals surface area contributed by atoms with E-state index in [2.05, 4.69) is 13.3 Å². The van der Waals surface area contributed by atoms with Crippen molar-refractivity contribution in [2.45, 2.75) is 56.6 Å². The van der Waals surface area contributed by atoms with Crippen molar-refractivity contribution in [2.75, 3.05) is 13.1 Å². The molecule has 0 saturated heterocycles. The quantitative estimate of drug-likeness (QED) is 0.282. The molecular formula is C17H21F6NO6S2. The van der Waals surface area contributed by atoms with Crippen LogP contribution in [0.2, 0.25) is 0 Å². The van der Waals surface area contributed by atoms with Gasteiger partial charge in [0.2, 0.25) is 0 Å². The first-order valence-corrected chi connectivity index (χ1v) is 12.3. The lowest BCUT2D eigenvalue weighted by Gasteiger charge is -2.27. The number of hydrogen-bond donors (Lipinski definition) is 0. The van der Waals surface area contributed by atoms with Crippen LogP contribution in [0.3, 0.4) is 0 Å². The van der Waals surface area contributed by atoms with Crippen molar-refractivity contribution in [1.29, 1.82) is 0 Å². The first kappa shape index (κ1) is 26.5. The van der Waals surface area contributed by atoms with Crippen LogP contribution in [0.1, 0.15) is 37.8 Å². The maximum atomic E-state index is 12.7. The molecule has 32 heavy (non-hydrogen) atoms. The maximum absolute atomic E-state index is 12.7. The van der Waals surface area contributed by atoms with E-state index in [0.29, 0.717) is 24.2 Å². The molecule has 0 aliphatic heterocycles. The Balaban J connectivity index is 2.51. The highest BCUT2D eigenvalue weighted by Gasteiger charge is 2.51. The second-order valence-corrected chi connectivity index (χ2v) is 10.2. The number of fused-ring (bicyclic) bond motifs is 1. The van der Waals surface area contributed by atoms with Gasteiger partial charge in [0.1, 0.15) is 0 Å². The molecule has 1 aromatic carbocycles. The van der Waals surface area contributed by atoms with E-state index in [9.17, 15) is 43.2 Å². The molecule has 0 amide bonds. The average molecular weight is 513 g/mol. The molecular weight excluding hydrogens is 492 g/mol. The highest BCUT2D eigenvalue weighted by Crippen LogP contribution is 2.41. The first-order valence-electron chi connectivity index (χ1n) is 9.43. The summed E-state index contributed by atoms with van der Waals surface area (Å²) >= 11 is 0. The van der Waals surface area contributed by atoms with Crippen molar-refractivity contribution in [3.63, 3.8) is 0 Å². The molecule has 2 rings (SSSR count). The van der Waals surface area contributed by atoms with Crippen LogP contribution < -0.4 is 8.37 Å². The normalized spacial score (nSPS) is 15.8. The van der Waals surface area contributed by atoms with E-state index in [1.165, 1.54) is 0 Å². The van der Waals surface area contributed by atoms with E-state index >= 15 is 0 Å². The summed E-state index contributed by atoms with van der Waals surface area (Å²) in [7, 11) is -12.6. The molecule has 7 nitrogen and oxygen atoms in total. The van der Waals surface area contributed by atoms with E-state index < -0.39 is 42.8 Å². The van der Waals surface area contributed by atoms with Gasteiger partial charge in [0.25, 0.3) is 0 Å². The molecule has 0 fully saturated rings. The monoisotopic (exact) mass is 513 g/mol. The Kier molecular flexibility index (Phi) is 7.66. The third-order valence-electron chi connectivity index (χ3n) is 4.68. The van der Waals surface area contributed by atoms with Crippen LogP contribution in [-0.4, -0.2) is 51.9 Å². The van der Waals surface area contributed by atoms with E-state index in [0.717, 1.165) is 25.0 Å². The van der Waals surface area contributed by atoms with Gasteiger partial charge < -0.3 is 8.37 Å². The SMILES string of the molecule is CCCN(CCC)C1Cc2cc(OS(=O)(=O)C(F)(F)F)c(OS(=O)(=O)C(F)(F)F)cc2C1. The molecule has 0 aromatic heterocycles. The lowest BCUT2D eigenvalue weighted by Crippen LogP contribution is -2.37. The van der Waals surface area contributed by atoms with Gasteiger partial charge in [0.15, 0.2) is 11.5 Å². The van der Waals surface area contributed by atoms with E-state index in [1.807, 2.05) is 13.8 Å². The van der Waals surface area contributed by atoms with Crippen molar-refractivity contribution in [3.05, 3.63) is 23.3 Å². The summed E-state index contributed by atoms with van der Waals surface area (Å²) in [4.78, 5) is 2.08. The lowest BCUT2D eigenvalue weighted by molar-refractivity contribution is -0.0513. The molecule has 0 radical (unpaired) electrons. The Morgan fingerprint density at radius 1 is 0.812 bits per heavy atom. The fourth-order valence-electron chi connectivity index (χ4n) is 3.37. The molecule has 1 aliphatic carbocycles. The van der Waals surface area contributed by atoms with E-state index in [1.54, 1.807) is 0 Å². The molecule has 184 valence electrons. The van der Waals surface area contributed by atoms with Crippen LogP contribution >= 0.6 is 0 Å². The number of halogens is 6. The maximum Gasteiger partial charge on any atom is 0.534 e. The molecule has 0 atom stereocenters. The summed E-state index contributed by atoms with van der Waals surface area (Å²) in [6, 6.07) is 1.39. The van der Waals surface area contributed by atoms with Gasteiger partial charge in [-0.2, -0.15) is 43.2 Å². The minimum absolute atomic E-state index is 0.161. The van der Waals surface area contributed by atoms with Crippen LogP contribution in [-0.2, 0) is 33.1 Å². The molecule has 0 bridgehead atoms. The Labute approximate surface area is 181 Å². The second kappa shape index (κ2) is 9.25. The molecule has 0 unspecified atom stereocenters. The molecule has 1 aromatic rings. The predicted octanol–water partition coefficient (Wildman–Crippen LogP) is 3.73. The molecule has 1 aliphatic rings. The van der Waals surface area contributed by atoms with Crippen LogP contribution in [0.15, 0.2) is 12.1 Å². The lowest BCUT2D eigenvalue weighted by atomic mass is 10.1. The highest BCUT2D eigenvalue weighted by molar-refractivity contribution is 7.88. The van der Waals surface area contributed by atoms with Crippen LogP contribution in [0.4, 0.5) is 26.3 Å². The number of hydrogen-bond acceptors (Lipinski definition) is 7. The van der Waals surface area contributed by atoms with Crippen molar-refractivity contribution in [2.24, 2.45) is 0 Å². The summed E-state index contributed by atoms with van der Waals surface area (Å²) in [6.45, 7) is 5.24. The Morgan fingerprint density at radius 2 is 1.16 bits per heavy atom. The van der Waals surface area contributed by atoms with Crippen molar-refractivity contribution < 1.29 is 51.5 Å². The molecule has 0 heterocycles. The summed E-state index contributed by atoms with van der Waals surface area (Å²) in [5.41, 5.74) is -11.2. The number of rotatable bonds is 9. The first-order chi connectivity index (χ1) is 14.5. The largest absolute Gasteiger partial charge is 0.534 e. The van der Waals surface area contributed by atoms with Crippen LogP contribution in [0.5, 0.6) is 11.5 Å². The average Bonchev–Trinajstić information content (AvgIpc) is 3.02. The van der Waals surface area contributed by atoms with Crippen molar-refractivity contribution in [1.82, 2.24) is 4.90 Å². The van der Waals surface area contributed by atoms with E-state index in [-0.39, 0.29) is 18.9 Å². The van der Waals surface area contributed by atoms with Crippen molar-refractivity contribution in [3.8, 4) is 11.5 Å². The smallest absolute Gasteiger partial charge is 0.372 e. The highest BCUT2D eigenvalue weighted by atomic mass is 32.2. The zero-order valence-corrected chi connectivity index (χ0v) is 18.6. The number of alkyl halides is 6. The summed E-state index contributed by atoms with van der Waals surface area (Å²) in [5, 5.41) is 0. The summed E-state index contributed by atoms with van der Waals surface area (Å²) in [5.74, 6) is -2.60. The van der Waals surface area contributed by atoms with Gasteiger partial charge in [-0.05, 0) is 62.0 Å². The van der Waals surface area contributed by atoms with Gasteiger partial charge in [0.05, 0.1) is 0 Å². The Morgan fingerprint density at radius 3 is 1.44 bits per heavy atom. The van der Waals surface area contributed by atoms with Crippen LogP contribution in [0, 0.1) is 0 Å².